The molecule has 0 aliphatic rings. The molecule has 32 heavy (non-hydrogen) atoms. The van der Waals surface area contributed by atoms with Gasteiger partial charge < -0.3 is 20.1 Å². The number of nitrogens with one attached hydrogen (secondary N) is 2. The van der Waals surface area contributed by atoms with Crippen LogP contribution < -0.4 is 20.1 Å². The summed E-state index contributed by atoms with van der Waals surface area (Å²) in [5.74, 6) is 2.52. The van der Waals surface area contributed by atoms with E-state index in [4.69, 9.17) is 9.47 Å². The number of rotatable bonds is 9. The van der Waals surface area contributed by atoms with E-state index in [0.717, 1.165) is 47.2 Å². The molecular weight excluding hydrogens is 515 g/mol. The van der Waals surface area contributed by atoms with Gasteiger partial charge in [0.2, 0.25) is 0 Å². The lowest BCUT2D eigenvalue weighted by Gasteiger charge is -2.13. The van der Waals surface area contributed by atoms with Crippen LogP contribution in [0.5, 0.6) is 11.5 Å². The van der Waals surface area contributed by atoms with E-state index >= 15 is 0 Å². The van der Waals surface area contributed by atoms with Gasteiger partial charge in [-0.15, -0.1) is 24.0 Å². The van der Waals surface area contributed by atoms with Crippen molar-refractivity contribution in [3.8, 4) is 11.5 Å². The molecule has 0 aliphatic heterocycles. The van der Waals surface area contributed by atoms with E-state index in [1.807, 2.05) is 49.4 Å². The molecule has 0 atom stereocenters. The minimum Gasteiger partial charge on any atom is -0.496 e. The summed E-state index contributed by atoms with van der Waals surface area (Å²) >= 11 is 0. The van der Waals surface area contributed by atoms with Crippen molar-refractivity contribution in [1.82, 2.24) is 15.6 Å². The van der Waals surface area contributed by atoms with E-state index in [-0.39, 0.29) is 24.0 Å². The number of aromatic nitrogens is 1. The van der Waals surface area contributed by atoms with E-state index < -0.39 is 0 Å². The zero-order valence-electron chi connectivity index (χ0n) is 18.8. The number of methoxy groups -OCH3 is 1. The molecule has 0 saturated heterocycles. The number of ether oxygens (including phenoxy) is 2. The number of hydrogen-bond donors (Lipinski definition) is 2. The molecule has 2 aromatic carbocycles. The molecule has 1 aromatic heterocycles. The van der Waals surface area contributed by atoms with Crippen LogP contribution in [-0.4, -0.2) is 31.6 Å². The van der Waals surface area contributed by atoms with E-state index in [1.54, 1.807) is 20.4 Å². The summed E-state index contributed by atoms with van der Waals surface area (Å²) in [6, 6.07) is 20.2. The van der Waals surface area contributed by atoms with Crippen molar-refractivity contribution >= 4 is 29.9 Å². The summed E-state index contributed by atoms with van der Waals surface area (Å²) in [5.41, 5.74) is 4.43. The maximum atomic E-state index is 5.78. The number of nitrogens with zero attached hydrogens (tertiary/aromatic N) is 2. The normalized spacial score (nSPS) is 10.8. The van der Waals surface area contributed by atoms with Gasteiger partial charge >= 0.3 is 0 Å². The van der Waals surface area contributed by atoms with Gasteiger partial charge in [-0.1, -0.05) is 30.3 Å². The van der Waals surface area contributed by atoms with Crippen LogP contribution in [0.25, 0.3) is 0 Å². The second-order valence-corrected chi connectivity index (χ2v) is 7.16. The average Bonchev–Trinajstić information content (AvgIpc) is 2.82. The third kappa shape index (κ3) is 8.03. The summed E-state index contributed by atoms with van der Waals surface area (Å²) in [7, 11) is 3.48. The first kappa shape index (κ1) is 25.5. The second kappa shape index (κ2) is 13.6. The van der Waals surface area contributed by atoms with Crippen molar-refractivity contribution in [2.24, 2.45) is 4.99 Å². The maximum absolute atomic E-state index is 5.78. The van der Waals surface area contributed by atoms with Crippen molar-refractivity contribution in [2.45, 2.75) is 26.5 Å². The van der Waals surface area contributed by atoms with Gasteiger partial charge in [-0.05, 0) is 60.4 Å². The number of pyridine rings is 1. The minimum atomic E-state index is 0. The van der Waals surface area contributed by atoms with Gasteiger partial charge in [-0.25, -0.2) is 0 Å². The summed E-state index contributed by atoms with van der Waals surface area (Å²) in [6.07, 6.45) is 2.66. The van der Waals surface area contributed by atoms with Crippen molar-refractivity contribution < 1.29 is 9.47 Å². The Morgan fingerprint density at radius 1 is 1.00 bits per heavy atom. The SMILES string of the molecule is CN=C(NCCc1ccc(C)c(OC)c1)NCc1ccc(OCc2ccccn2)cc1.I. The molecule has 7 heteroatoms. The van der Waals surface area contributed by atoms with Crippen molar-refractivity contribution in [3.63, 3.8) is 0 Å². The number of hydrogen-bond acceptors (Lipinski definition) is 4. The van der Waals surface area contributed by atoms with Crippen LogP contribution in [0.2, 0.25) is 0 Å². The Kier molecular flexibility index (Phi) is 10.8. The number of benzene rings is 2. The number of guanidine groups is 1. The first-order valence-electron chi connectivity index (χ1n) is 10.4. The first-order valence-corrected chi connectivity index (χ1v) is 10.4. The molecular formula is C25H31IN4O2. The zero-order chi connectivity index (χ0) is 21.9. The van der Waals surface area contributed by atoms with E-state index in [0.29, 0.717) is 13.2 Å². The summed E-state index contributed by atoms with van der Waals surface area (Å²) in [6.45, 7) is 3.97. The van der Waals surface area contributed by atoms with Gasteiger partial charge in [0, 0.05) is 26.3 Å². The fourth-order valence-electron chi connectivity index (χ4n) is 3.10. The van der Waals surface area contributed by atoms with E-state index in [2.05, 4.69) is 38.8 Å². The van der Waals surface area contributed by atoms with Crippen LogP contribution in [0.1, 0.15) is 22.4 Å². The lowest BCUT2D eigenvalue weighted by atomic mass is 10.1. The smallest absolute Gasteiger partial charge is 0.191 e. The molecule has 0 bridgehead atoms. The average molecular weight is 546 g/mol. The highest BCUT2D eigenvalue weighted by atomic mass is 127. The molecule has 0 radical (unpaired) electrons. The molecule has 3 rings (SSSR count). The van der Waals surface area contributed by atoms with E-state index in [1.165, 1.54) is 5.56 Å². The predicted octanol–water partition coefficient (Wildman–Crippen LogP) is 4.50. The topological polar surface area (TPSA) is 67.8 Å². The zero-order valence-corrected chi connectivity index (χ0v) is 21.1. The van der Waals surface area contributed by atoms with Crippen LogP contribution in [0.3, 0.4) is 0 Å². The largest absolute Gasteiger partial charge is 0.496 e. The van der Waals surface area contributed by atoms with Crippen molar-refractivity contribution in [1.29, 1.82) is 0 Å². The van der Waals surface area contributed by atoms with Gasteiger partial charge in [0.15, 0.2) is 5.96 Å². The molecule has 0 aliphatic carbocycles. The van der Waals surface area contributed by atoms with Crippen LogP contribution in [-0.2, 0) is 19.6 Å². The fraction of sp³-hybridized carbons (Fsp3) is 0.280. The third-order valence-electron chi connectivity index (χ3n) is 4.90. The Hall–Kier alpha value is -2.81. The van der Waals surface area contributed by atoms with Gasteiger partial charge in [0.25, 0.3) is 0 Å². The highest BCUT2D eigenvalue weighted by molar-refractivity contribution is 14.0. The molecule has 170 valence electrons. The van der Waals surface area contributed by atoms with Gasteiger partial charge in [0.05, 0.1) is 12.8 Å². The van der Waals surface area contributed by atoms with Crippen LogP contribution in [0.4, 0.5) is 0 Å². The molecule has 0 amide bonds. The lowest BCUT2D eigenvalue weighted by Crippen LogP contribution is -2.37. The quantitative estimate of drug-likeness (QED) is 0.235. The Balaban J connectivity index is 0.00000363. The third-order valence-corrected chi connectivity index (χ3v) is 4.90. The van der Waals surface area contributed by atoms with Crippen molar-refractivity contribution in [3.05, 3.63) is 89.2 Å². The molecule has 3 aromatic rings. The maximum Gasteiger partial charge on any atom is 0.191 e. The van der Waals surface area contributed by atoms with E-state index in [9.17, 15) is 0 Å². The number of aryl methyl sites for hydroxylation is 1. The second-order valence-electron chi connectivity index (χ2n) is 7.16. The molecule has 0 spiro atoms. The van der Waals surface area contributed by atoms with Crippen LogP contribution in [0.15, 0.2) is 71.9 Å². The Labute approximate surface area is 207 Å². The predicted molar refractivity (Wildman–Crippen MR) is 140 cm³/mol. The number of aliphatic imine (C=N–C) groups is 1. The lowest BCUT2D eigenvalue weighted by molar-refractivity contribution is 0.301. The van der Waals surface area contributed by atoms with Crippen LogP contribution in [0, 0.1) is 6.92 Å². The Bertz CT molecular complexity index is 979. The van der Waals surface area contributed by atoms with Gasteiger partial charge in [-0.2, -0.15) is 0 Å². The van der Waals surface area contributed by atoms with Gasteiger partial charge in [-0.3, -0.25) is 9.98 Å². The monoisotopic (exact) mass is 546 g/mol. The minimum absolute atomic E-state index is 0. The van der Waals surface area contributed by atoms with Crippen molar-refractivity contribution in [2.75, 3.05) is 20.7 Å². The summed E-state index contributed by atoms with van der Waals surface area (Å²) in [4.78, 5) is 8.57. The molecule has 0 saturated carbocycles. The molecule has 1 heterocycles. The van der Waals surface area contributed by atoms with Gasteiger partial charge in [0.1, 0.15) is 18.1 Å². The Morgan fingerprint density at radius 3 is 2.47 bits per heavy atom. The molecule has 2 N–H and O–H groups in total. The molecule has 6 nitrogen and oxygen atoms in total. The fourth-order valence-corrected chi connectivity index (χ4v) is 3.10. The molecule has 0 unspecified atom stereocenters. The molecule has 0 fully saturated rings. The van der Waals surface area contributed by atoms with Crippen LogP contribution >= 0.6 is 24.0 Å². The first-order chi connectivity index (χ1) is 15.2. The number of halogens is 1. The standard InChI is InChI=1S/C25H30N4O2.HI/c1-19-7-8-20(16-24(19)30-3)13-15-28-25(26-2)29-17-21-9-11-23(12-10-21)31-18-22-6-4-5-14-27-22;/h4-12,14,16H,13,15,17-18H2,1-3H3,(H2,26,28,29);1H. The summed E-state index contributed by atoms with van der Waals surface area (Å²) < 4.78 is 11.2. The highest BCUT2D eigenvalue weighted by Crippen LogP contribution is 2.19. The Morgan fingerprint density at radius 2 is 1.78 bits per heavy atom. The summed E-state index contributed by atoms with van der Waals surface area (Å²) in [5, 5.41) is 6.70. The highest BCUT2D eigenvalue weighted by Gasteiger charge is 2.03.